The second kappa shape index (κ2) is 6.13. The molecule has 0 heterocycles. The summed E-state index contributed by atoms with van der Waals surface area (Å²) in [6.45, 7) is 10.6. The minimum absolute atomic E-state index is 1.07. The second-order valence-corrected chi connectivity index (χ2v) is 12.7. The zero-order valence-electron chi connectivity index (χ0n) is 10.1. The van der Waals surface area contributed by atoms with Crippen molar-refractivity contribution in [2.45, 2.75) is 40.0 Å². The third-order valence-corrected chi connectivity index (χ3v) is 10.7. The molecule has 0 aromatic rings. The summed E-state index contributed by atoms with van der Waals surface area (Å²) in [6, 6.07) is 0. The quantitative estimate of drug-likeness (QED) is 0.406. The summed E-state index contributed by atoms with van der Waals surface area (Å²) in [6.07, 6.45) is 10.5. The molecule has 2 heteroatoms. The summed E-state index contributed by atoms with van der Waals surface area (Å²) in [5.41, 5.74) is 0. The predicted molar refractivity (Wildman–Crippen MR) is 73.3 cm³/mol. The first-order valence-electron chi connectivity index (χ1n) is 5.87. The average molecular weight is 237 g/mol. The van der Waals surface area contributed by atoms with Crippen LogP contribution in [0.25, 0.3) is 0 Å². The van der Waals surface area contributed by atoms with Crippen molar-refractivity contribution in [3.63, 3.8) is 0 Å². The van der Waals surface area contributed by atoms with E-state index in [0.29, 0.717) is 0 Å². The molecule has 0 radical (unpaired) electrons. The summed E-state index contributed by atoms with van der Waals surface area (Å²) in [5, 5.41) is 0. The van der Waals surface area contributed by atoms with Crippen LogP contribution in [0.1, 0.15) is 40.0 Å². The summed E-state index contributed by atoms with van der Waals surface area (Å²) in [4.78, 5) is 0. The topological polar surface area (TPSA) is 0 Å². The van der Waals surface area contributed by atoms with E-state index in [9.17, 15) is 0 Å². The van der Waals surface area contributed by atoms with Crippen LogP contribution in [0, 0.1) is 0 Å². The van der Waals surface area contributed by atoms with Gasteiger partial charge in [-0.1, -0.05) is 0 Å². The van der Waals surface area contributed by atoms with Gasteiger partial charge in [0.1, 0.15) is 0 Å². The molecule has 0 bridgehead atoms. The van der Waals surface area contributed by atoms with Crippen LogP contribution in [0.3, 0.4) is 0 Å². The molecule has 0 N–H and O–H groups in total. The first-order chi connectivity index (χ1) is 6.54. The van der Waals surface area contributed by atoms with E-state index in [1.807, 2.05) is 6.08 Å². The zero-order chi connectivity index (χ0) is 11.1. The molecule has 0 spiro atoms. The molecule has 0 unspecified atom stereocenters. The molecule has 0 aliphatic carbocycles. The van der Waals surface area contributed by atoms with E-state index in [4.69, 9.17) is 11.2 Å². The third-order valence-electron chi connectivity index (χ3n) is 2.93. The van der Waals surface area contributed by atoms with Crippen LogP contribution in [0.5, 0.6) is 0 Å². The number of hydrogen-bond acceptors (Lipinski definition) is 0. The second-order valence-electron chi connectivity index (χ2n) is 4.46. The van der Waals surface area contributed by atoms with Crippen LogP contribution >= 0.6 is 17.2 Å². The molecule has 0 aliphatic rings. The number of rotatable bonds is 8. The van der Waals surface area contributed by atoms with E-state index in [2.05, 4.69) is 27.4 Å². The van der Waals surface area contributed by atoms with Gasteiger partial charge >= 0.3 is 94.5 Å². The van der Waals surface area contributed by atoms with E-state index in [1.165, 1.54) is 37.7 Å². The van der Waals surface area contributed by atoms with Crippen LogP contribution < -0.4 is 0 Å². The fraction of sp³-hybridized carbons (Fsp3) is 0.833. The van der Waals surface area contributed by atoms with E-state index in [0.717, 1.165) is 6.16 Å². The Balaban J connectivity index is 4.77. The van der Waals surface area contributed by atoms with Crippen molar-refractivity contribution in [2.24, 2.45) is 0 Å². The normalized spacial score (nSPS) is 14.7. The Hall–Kier alpha value is 0.460. The van der Waals surface area contributed by atoms with Crippen molar-refractivity contribution in [3.8, 4) is 0 Å². The van der Waals surface area contributed by atoms with Crippen LogP contribution in [-0.4, -0.2) is 24.6 Å². The molecule has 0 aliphatic heterocycles. The summed E-state index contributed by atoms with van der Waals surface area (Å²) in [5.74, 6) is -1.91. The molecule has 14 heavy (non-hydrogen) atoms. The van der Waals surface area contributed by atoms with Crippen molar-refractivity contribution in [2.75, 3.05) is 24.6 Å². The molecule has 0 atom stereocenters. The van der Waals surface area contributed by atoms with Crippen molar-refractivity contribution < 1.29 is 0 Å². The number of allylic oxidation sites excluding steroid dienone is 1. The molecule has 0 aromatic heterocycles. The first kappa shape index (κ1) is 14.5. The Morgan fingerprint density at radius 3 is 1.57 bits per heavy atom. The van der Waals surface area contributed by atoms with Gasteiger partial charge in [0.05, 0.1) is 0 Å². The van der Waals surface area contributed by atoms with Crippen LogP contribution in [-0.2, 0) is 0 Å². The van der Waals surface area contributed by atoms with Gasteiger partial charge in [0.15, 0.2) is 0 Å². The van der Waals surface area contributed by atoms with Crippen LogP contribution in [0.4, 0.5) is 0 Å². The van der Waals surface area contributed by atoms with E-state index >= 15 is 0 Å². The van der Waals surface area contributed by atoms with Gasteiger partial charge in [-0.2, -0.15) is 0 Å². The Morgan fingerprint density at radius 2 is 1.36 bits per heavy atom. The number of hydrogen-bond donors (Lipinski definition) is 0. The van der Waals surface area contributed by atoms with E-state index < -0.39 is 5.96 Å². The van der Waals surface area contributed by atoms with Crippen LogP contribution in [0.2, 0.25) is 0 Å². The summed E-state index contributed by atoms with van der Waals surface area (Å²) >= 11 is 7.06. The van der Waals surface area contributed by atoms with Gasteiger partial charge < -0.3 is 0 Å². The molecule has 0 saturated heterocycles. The Bertz CT molecular complexity index is 157. The SMILES string of the molecule is C=CCP(Cl)(CCC)(CCC)CCC. The van der Waals surface area contributed by atoms with Crippen molar-refractivity contribution in [3.05, 3.63) is 12.7 Å². The molecular weight excluding hydrogens is 211 g/mol. The van der Waals surface area contributed by atoms with E-state index in [1.54, 1.807) is 0 Å². The van der Waals surface area contributed by atoms with Gasteiger partial charge in [-0.15, -0.1) is 0 Å². The average Bonchev–Trinajstić information content (AvgIpc) is 2.05. The Kier molecular flexibility index (Phi) is 6.33. The molecular formula is C12H26ClP. The predicted octanol–water partition coefficient (Wildman–Crippen LogP) is 5.11. The summed E-state index contributed by atoms with van der Waals surface area (Å²) < 4.78 is 0. The van der Waals surface area contributed by atoms with Crippen molar-refractivity contribution in [1.29, 1.82) is 0 Å². The van der Waals surface area contributed by atoms with Gasteiger partial charge in [-0.05, 0) is 0 Å². The maximum absolute atomic E-state index is 7.06. The van der Waals surface area contributed by atoms with Gasteiger partial charge in [-0.3, -0.25) is 0 Å². The fourth-order valence-corrected chi connectivity index (χ4v) is 9.64. The van der Waals surface area contributed by atoms with Gasteiger partial charge in [0, 0.05) is 0 Å². The molecule has 0 nitrogen and oxygen atoms in total. The van der Waals surface area contributed by atoms with Gasteiger partial charge in [-0.25, -0.2) is 0 Å². The molecule has 0 aromatic carbocycles. The first-order valence-corrected chi connectivity index (χ1v) is 9.75. The van der Waals surface area contributed by atoms with Gasteiger partial charge in [0.25, 0.3) is 0 Å². The molecule has 0 saturated carbocycles. The standard InChI is InChI=1S/C12H26ClP/c1-5-9-14(13,10-6-2,11-7-3)12-8-4/h5H,1,6-12H2,2-4H3. The molecule has 0 fully saturated rings. The fourth-order valence-electron chi connectivity index (χ4n) is 2.61. The van der Waals surface area contributed by atoms with Crippen molar-refractivity contribution >= 4 is 17.2 Å². The Morgan fingerprint density at radius 1 is 1.00 bits per heavy atom. The molecule has 0 rings (SSSR count). The minimum atomic E-state index is -1.91. The zero-order valence-corrected chi connectivity index (χ0v) is 11.7. The van der Waals surface area contributed by atoms with Gasteiger partial charge in [0.2, 0.25) is 0 Å². The third kappa shape index (κ3) is 3.91. The molecule has 0 amide bonds. The molecule has 86 valence electrons. The van der Waals surface area contributed by atoms with Crippen LogP contribution in [0.15, 0.2) is 12.7 Å². The maximum atomic E-state index is 7.06. The van der Waals surface area contributed by atoms with E-state index in [-0.39, 0.29) is 0 Å². The Labute approximate surface area is 94.8 Å². The number of halogens is 1. The van der Waals surface area contributed by atoms with Crippen molar-refractivity contribution in [1.82, 2.24) is 0 Å². The summed E-state index contributed by atoms with van der Waals surface area (Å²) in [7, 11) is 0. The monoisotopic (exact) mass is 236 g/mol.